The Morgan fingerprint density at radius 2 is 1.94 bits per heavy atom. The summed E-state index contributed by atoms with van der Waals surface area (Å²) in [6.45, 7) is 0. The van der Waals surface area contributed by atoms with Crippen LogP contribution in [0.1, 0.15) is 22.0 Å². The standard InChI is InChI=1S/C11H13NO4/c1-15-10(13)8-5-3-4-7(6-8)9(12)11(14)16-2/h3-6,9H,12H2,1-2H3. The Kier molecular flexibility index (Phi) is 4.02. The first-order valence-corrected chi connectivity index (χ1v) is 4.62. The summed E-state index contributed by atoms with van der Waals surface area (Å²) in [6, 6.07) is 5.47. The van der Waals surface area contributed by atoms with E-state index in [1.807, 2.05) is 0 Å². The molecule has 1 aromatic carbocycles. The first-order chi connectivity index (χ1) is 7.60. The highest BCUT2D eigenvalue weighted by Crippen LogP contribution is 2.14. The number of esters is 2. The first-order valence-electron chi connectivity index (χ1n) is 4.62. The Bertz CT molecular complexity index is 403. The molecule has 0 aliphatic carbocycles. The van der Waals surface area contributed by atoms with Crippen LogP contribution in [-0.4, -0.2) is 26.2 Å². The fraction of sp³-hybridized carbons (Fsp3) is 0.273. The van der Waals surface area contributed by atoms with Crippen molar-refractivity contribution in [1.82, 2.24) is 0 Å². The molecular formula is C11H13NO4. The van der Waals surface area contributed by atoms with Gasteiger partial charge < -0.3 is 15.2 Å². The van der Waals surface area contributed by atoms with Crippen molar-refractivity contribution in [1.29, 1.82) is 0 Å². The molecular weight excluding hydrogens is 210 g/mol. The van der Waals surface area contributed by atoms with Gasteiger partial charge in [-0.15, -0.1) is 0 Å². The zero-order valence-electron chi connectivity index (χ0n) is 9.10. The normalized spacial score (nSPS) is 11.7. The fourth-order valence-electron chi connectivity index (χ4n) is 1.24. The summed E-state index contributed by atoms with van der Waals surface area (Å²) in [5.74, 6) is -1.03. The molecule has 16 heavy (non-hydrogen) atoms. The van der Waals surface area contributed by atoms with E-state index in [0.29, 0.717) is 11.1 Å². The van der Waals surface area contributed by atoms with Crippen LogP contribution < -0.4 is 5.73 Å². The lowest BCUT2D eigenvalue weighted by Crippen LogP contribution is -2.22. The minimum absolute atomic E-state index is 0.347. The summed E-state index contributed by atoms with van der Waals surface area (Å²) in [4.78, 5) is 22.4. The largest absolute Gasteiger partial charge is 0.468 e. The van der Waals surface area contributed by atoms with E-state index in [-0.39, 0.29) is 0 Å². The lowest BCUT2D eigenvalue weighted by molar-refractivity contribution is -0.142. The molecule has 0 amide bonds. The Balaban J connectivity index is 2.98. The number of methoxy groups -OCH3 is 2. The van der Waals surface area contributed by atoms with Crippen LogP contribution in [0.4, 0.5) is 0 Å². The minimum Gasteiger partial charge on any atom is -0.468 e. The van der Waals surface area contributed by atoms with Gasteiger partial charge >= 0.3 is 11.9 Å². The van der Waals surface area contributed by atoms with Crippen molar-refractivity contribution in [3.63, 3.8) is 0 Å². The minimum atomic E-state index is -0.894. The molecule has 1 rings (SSSR count). The summed E-state index contributed by atoms with van der Waals surface area (Å²) in [6.07, 6.45) is 0. The number of hydrogen-bond acceptors (Lipinski definition) is 5. The second-order valence-electron chi connectivity index (χ2n) is 3.12. The summed E-state index contributed by atoms with van der Waals surface area (Å²) >= 11 is 0. The third-order valence-electron chi connectivity index (χ3n) is 2.12. The topological polar surface area (TPSA) is 78.6 Å². The van der Waals surface area contributed by atoms with E-state index in [1.165, 1.54) is 20.3 Å². The van der Waals surface area contributed by atoms with Gasteiger partial charge in [-0.3, -0.25) is 4.79 Å². The van der Waals surface area contributed by atoms with Gasteiger partial charge in [-0.2, -0.15) is 0 Å². The number of nitrogens with two attached hydrogens (primary N) is 1. The number of carbonyl (C=O) groups excluding carboxylic acids is 2. The summed E-state index contributed by atoms with van der Waals surface area (Å²) in [5.41, 5.74) is 6.49. The number of rotatable bonds is 3. The third kappa shape index (κ3) is 2.58. The van der Waals surface area contributed by atoms with Crippen LogP contribution in [-0.2, 0) is 14.3 Å². The molecule has 0 saturated carbocycles. The molecule has 1 aromatic rings. The Labute approximate surface area is 93.1 Å². The third-order valence-corrected chi connectivity index (χ3v) is 2.12. The van der Waals surface area contributed by atoms with E-state index in [0.717, 1.165) is 0 Å². The van der Waals surface area contributed by atoms with Crippen LogP contribution in [0.3, 0.4) is 0 Å². The molecule has 0 fully saturated rings. The quantitative estimate of drug-likeness (QED) is 0.761. The Morgan fingerprint density at radius 3 is 2.50 bits per heavy atom. The number of benzene rings is 1. The van der Waals surface area contributed by atoms with E-state index in [2.05, 4.69) is 9.47 Å². The van der Waals surface area contributed by atoms with Gasteiger partial charge in [0.1, 0.15) is 6.04 Å². The number of ether oxygens (including phenoxy) is 2. The molecule has 0 aromatic heterocycles. The summed E-state index contributed by atoms with van der Waals surface area (Å²) < 4.78 is 9.07. The summed E-state index contributed by atoms with van der Waals surface area (Å²) in [7, 11) is 2.54. The van der Waals surface area contributed by atoms with Crippen LogP contribution in [0.25, 0.3) is 0 Å². The predicted octanol–water partition coefficient (Wildman–Crippen LogP) is 0.646. The van der Waals surface area contributed by atoms with Gasteiger partial charge in [0.2, 0.25) is 0 Å². The zero-order valence-corrected chi connectivity index (χ0v) is 9.10. The van der Waals surface area contributed by atoms with Crippen molar-refractivity contribution in [2.45, 2.75) is 6.04 Å². The molecule has 5 heteroatoms. The highest BCUT2D eigenvalue weighted by atomic mass is 16.5. The van der Waals surface area contributed by atoms with Crippen molar-refractivity contribution >= 4 is 11.9 Å². The molecule has 86 valence electrons. The maximum atomic E-state index is 11.2. The van der Waals surface area contributed by atoms with Crippen LogP contribution in [0.15, 0.2) is 24.3 Å². The number of carbonyl (C=O) groups is 2. The maximum absolute atomic E-state index is 11.2. The molecule has 0 radical (unpaired) electrons. The Hall–Kier alpha value is -1.88. The molecule has 0 bridgehead atoms. The Morgan fingerprint density at radius 1 is 1.25 bits per heavy atom. The first kappa shape index (κ1) is 12.2. The van der Waals surface area contributed by atoms with Crippen LogP contribution in [0, 0.1) is 0 Å². The van der Waals surface area contributed by atoms with Gasteiger partial charge in [0.25, 0.3) is 0 Å². The maximum Gasteiger partial charge on any atom is 0.337 e. The average molecular weight is 223 g/mol. The van der Waals surface area contributed by atoms with Crippen LogP contribution >= 0.6 is 0 Å². The molecule has 0 aliphatic rings. The van der Waals surface area contributed by atoms with Crippen molar-refractivity contribution in [2.24, 2.45) is 5.73 Å². The molecule has 5 nitrogen and oxygen atoms in total. The van der Waals surface area contributed by atoms with Crippen molar-refractivity contribution in [2.75, 3.05) is 14.2 Å². The monoisotopic (exact) mass is 223 g/mol. The zero-order chi connectivity index (χ0) is 12.1. The van der Waals surface area contributed by atoms with E-state index >= 15 is 0 Å². The van der Waals surface area contributed by atoms with Crippen molar-refractivity contribution in [3.05, 3.63) is 35.4 Å². The van der Waals surface area contributed by atoms with Crippen LogP contribution in [0.2, 0.25) is 0 Å². The lowest BCUT2D eigenvalue weighted by atomic mass is 10.0. The van der Waals surface area contributed by atoms with Gasteiger partial charge in [-0.25, -0.2) is 4.79 Å². The fourth-order valence-corrected chi connectivity index (χ4v) is 1.24. The van der Waals surface area contributed by atoms with E-state index in [9.17, 15) is 9.59 Å². The lowest BCUT2D eigenvalue weighted by Gasteiger charge is -2.10. The number of hydrogen-bond donors (Lipinski definition) is 1. The summed E-state index contributed by atoms with van der Waals surface area (Å²) in [5, 5.41) is 0. The molecule has 1 unspecified atom stereocenters. The molecule has 0 aliphatic heterocycles. The van der Waals surface area contributed by atoms with Gasteiger partial charge in [0.05, 0.1) is 19.8 Å². The van der Waals surface area contributed by atoms with Gasteiger partial charge in [0.15, 0.2) is 0 Å². The molecule has 0 heterocycles. The second-order valence-corrected chi connectivity index (χ2v) is 3.12. The van der Waals surface area contributed by atoms with Gasteiger partial charge in [0, 0.05) is 0 Å². The van der Waals surface area contributed by atoms with Gasteiger partial charge in [-0.05, 0) is 17.7 Å². The SMILES string of the molecule is COC(=O)c1cccc(C(N)C(=O)OC)c1. The predicted molar refractivity (Wildman–Crippen MR) is 56.7 cm³/mol. The highest BCUT2D eigenvalue weighted by molar-refractivity contribution is 5.90. The van der Waals surface area contributed by atoms with Crippen molar-refractivity contribution < 1.29 is 19.1 Å². The highest BCUT2D eigenvalue weighted by Gasteiger charge is 2.17. The second kappa shape index (κ2) is 5.27. The van der Waals surface area contributed by atoms with E-state index in [4.69, 9.17) is 5.73 Å². The molecule has 2 N–H and O–H groups in total. The molecule has 1 atom stereocenters. The van der Waals surface area contributed by atoms with Gasteiger partial charge in [-0.1, -0.05) is 12.1 Å². The smallest absolute Gasteiger partial charge is 0.337 e. The van der Waals surface area contributed by atoms with E-state index < -0.39 is 18.0 Å². The molecule has 0 spiro atoms. The van der Waals surface area contributed by atoms with Crippen LogP contribution in [0.5, 0.6) is 0 Å². The average Bonchev–Trinajstić information content (AvgIpc) is 2.36. The van der Waals surface area contributed by atoms with Crippen molar-refractivity contribution in [3.8, 4) is 0 Å². The van der Waals surface area contributed by atoms with E-state index in [1.54, 1.807) is 18.2 Å². The molecule has 0 saturated heterocycles.